The van der Waals surface area contributed by atoms with Crippen molar-refractivity contribution >= 4 is 0 Å². The van der Waals surface area contributed by atoms with Crippen LogP contribution in [0.4, 0.5) is 0 Å². The Morgan fingerprint density at radius 2 is 1.92 bits per heavy atom. The molecular formula is C11H21N. The molecule has 1 aliphatic carbocycles. The van der Waals surface area contributed by atoms with E-state index in [0.717, 1.165) is 17.9 Å². The summed E-state index contributed by atoms with van der Waals surface area (Å²) in [5.74, 6) is 1.82. The first-order chi connectivity index (χ1) is 5.63. The monoisotopic (exact) mass is 167 g/mol. The maximum atomic E-state index is 3.76. The molecule has 1 aliphatic rings. The minimum absolute atomic E-state index is 0.475. The minimum atomic E-state index is 0.475. The fraction of sp³-hybridized carbons (Fsp3) is 0.818. The third-order valence-electron chi connectivity index (χ3n) is 2.97. The molecule has 0 saturated heterocycles. The summed E-state index contributed by atoms with van der Waals surface area (Å²) in [5, 5.41) is 3.53. The zero-order chi connectivity index (χ0) is 9.14. The van der Waals surface area contributed by atoms with Crippen LogP contribution < -0.4 is 5.32 Å². The summed E-state index contributed by atoms with van der Waals surface area (Å²) < 4.78 is 0. The maximum Gasteiger partial charge on any atom is 0.0221 e. The van der Waals surface area contributed by atoms with Crippen LogP contribution in [0.5, 0.6) is 0 Å². The van der Waals surface area contributed by atoms with Gasteiger partial charge in [0.15, 0.2) is 0 Å². The Labute approximate surface area is 76.2 Å². The second kappa shape index (κ2) is 4.08. The molecule has 0 aliphatic heterocycles. The quantitative estimate of drug-likeness (QED) is 0.635. The van der Waals surface area contributed by atoms with E-state index in [9.17, 15) is 0 Å². The smallest absolute Gasteiger partial charge is 0.0221 e. The fourth-order valence-electron chi connectivity index (χ4n) is 1.78. The molecule has 0 aromatic rings. The molecule has 0 radical (unpaired) electrons. The van der Waals surface area contributed by atoms with E-state index in [-0.39, 0.29) is 0 Å². The van der Waals surface area contributed by atoms with Gasteiger partial charge in [-0.15, -0.1) is 6.58 Å². The lowest BCUT2D eigenvalue weighted by atomic mass is 9.73. The van der Waals surface area contributed by atoms with Crippen LogP contribution in [-0.4, -0.2) is 12.1 Å². The third kappa shape index (κ3) is 2.34. The summed E-state index contributed by atoms with van der Waals surface area (Å²) in [5.41, 5.74) is 0. The number of nitrogens with one attached hydrogen (secondary N) is 1. The van der Waals surface area contributed by atoms with Gasteiger partial charge in [0.2, 0.25) is 0 Å². The molecular weight excluding hydrogens is 146 g/mol. The lowest BCUT2D eigenvalue weighted by Crippen LogP contribution is -2.46. The molecule has 12 heavy (non-hydrogen) atoms. The Morgan fingerprint density at radius 3 is 2.33 bits per heavy atom. The maximum absolute atomic E-state index is 3.76. The van der Waals surface area contributed by atoms with Crippen molar-refractivity contribution in [1.29, 1.82) is 0 Å². The van der Waals surface area contributed by atoms with Gasteiger partial charge in [-0.1, -0.05) is 19.9 Å². The Kier molecular flexibility index (Phi) is 3.33. The number of hydrogen-bond acceptors (Lipinski definition) is 1. The summed E-state index contributed by atoms with van der Waals surface area (Å²) >= 11 is 0. The van der Waals surface area contributed by atoms with Gasteiger partial charge in [0.1, 0.15) is 0 Å². The van der Waals surface area contributed by atoms with Crippen LogP contribution in [0.2, 0.25) is 0 Å². The van der Waals surface area contributed by atoms with Crippen molar-refractivity contribution < 1.29 is 0 Å². The summed E-state index contributed by atoms with van der Waals surface area (Å²) in [6.45, 7) is 10.6. The van der Waals surface area contributed by atoms with Gasteiger partial charge in [-0.05, 0) is 31.6 Å². The molecule has 1 fully saturated rings. The van der Waals surface area contributed by atoms with E-state index in [1.807, 2.05) is 6.08 Å². The number of hydrogen-bond donors (Lipinski definition) is 1. The molecule has 1 heteroatoms. The van der Waals surface area contributed by atoms with Crippen LogP contribution in [0.1, 0.15) is 33.6 Å². The van der Waals surface area contributed by atoms with E-state index in [4.69, 9.17) is 0 Å². The van der Waals surface area contributed by atoms with E-state index in [1.165, 1.54) is 12.8 Å². The zero-order valence-corrected chi connectivity index (χ0v) is 8.51. The van der Waals surface area contributed by atoms with Gasteiger partial charge in [-0.3, -0.25) is 0 Å². The van der Waals surface area contributed by atoms with Crippen LogP contribution >= 0.6 is 0 Å². The van der Waals surface area contributed by atoms with Crippen LogP contribution in [-0.2, 0) is 0 Å². The summed E-state index contributed by atoms with van der Waals surface area (Å²) in [4.78, 5) is 0. The van der Waals surface area contributed by atoms with Crippen molar-refractivity contribution in [3.05, 3.63) is 12.7 Å². The van der Waals surface area contributed by atoms with Gasteiger partial charge in [-0.2, -0.15) is 0 Å². The van der Waals surface area contributed by atoms with E-state index < -0.39 is 0 Å². The molecule has 0 spiro atoms. The Morgan fingerprint density at radius 1 is 1.33 bits per heavy atom. The second-order valence-corrected chi connectivity index (χ2v) is 4.36. The highest BCUT2D eigenvalue weighted by Crippen LogP contribution is 2.33. The second-order valence-electron chi connectivity index (χ2n) is 4.36. The molecule has 1 atom stereocenters. The van der Waals surface area contributed by atoms with Crippen LogP contribution in [0.25, 0.3) is 0 Å². The largest absolute Gasteiger partial charge is 0.308 e. The van der Waals surface area contributed by atoms with Crippen LogP contribution in [0.3, 0.4) is 0 Å². The van der Waals surface area contributed by atoms with Crippen molar-refractivity contribution in [3.63, 3.8) is 0 Å². The molecule has 0 heterocycles. The average molecular weight is 167 g/mol. The lowest BCUT2D eigenvalue weighted by molar-refractivity contribution is 0.164. The van der Waals surface area contributed by atoms with Crippen molar-refractivity contribution in [2.45, 2.75) is 45.7 Å². The van der Waals surface area contributed by atoms with Gasteiger partial charge >= 0.3 is 0 Å². The molecule has 1 saturated carbocycles. The van der Waals surface area contributed by atoms with Gasteiger partial charge in [0, 0.05) is 12.1 Å². The highest BCUT2D eigenvalue weighted by Gasteiger charge is 2.30. The van der Waals surface area contributed by atoms with E-state index in [2.05, 4.69) is 32.7 Å². The Bertz CT molecular complexity index is 145. The first kappa shape index (κ1) is 9.79. The van der Waals surface area contributed by atoms with Crippen LogP contribution in [0, 0.1) is 11.8 Å². The summed E-state index contributed by atoms with van der Waals surface area (Å²) in [6, 6.07) is 1.23. The van der Waals surface area contributed by atoms with Gasteiger partial charge in [0.25, 0.3) is 0 Å². The average Bonchev–Trinajstić information content (AvgIpc) is 1.94. The standard InChI is InChI=1S/C11H21N/c1-5-9(4)12-11-6-10(7-11)8(2)3/h5,8-12H,1,6-7H2,2-4H3. The number of rotatable bonds is 4. The molecule has 70 valence electrons. The molecule has 0 bridgehead atoms. The first-order valence-electron chi connectivity index (χ1n) is 5.02. The Balaban J connectivity index is 2.13. The fourth-order valence-corrected chi connectivity index (χ4v) is 1.78. The highest BCUT2D eigenvalue weighted by atomic mass is 15.0. The molecule has 1 N–H and O–H groups in total. The van der Waals surface area contributed by atoms with E-state index >= 15 is 0 Å². The van der Waals surface area contributed by atoms with E-state index in [1.54, 1.807) is 0 Å². The van der Waals surface area contributed by atoms with Crippen molar-refractivity contribution in [1.82, 2.24) is 5.32 Å². The topological polar surface area (TPSA) is 12.0 Å². The lowest BCUT2D eigenvalue weighted by Gasteiger charge is -2.39. The van der Waals surface area contributed by atoms with Crippen molar-refractivity contribution in [2.24, 2.45) is 11.8 Å². The van der Waals surface area contributed by atoms with Crippen LogP contribution in [0.15, 0.2) is 12.7 Å². The molecule has 1 rings (SSSR count). The molecule has 0 aromatic heterocycles. The summed E-state index contributed by atoms with van der Waals surface area (Å²) in [7, 11) is 0. The van der Waals surface area contributed by atoms with E-state index in [0.29, 0.717) is 6.04 Å². The summed E-state index contributed by atoms with van der Waals surface area (Å²) in [6.07, 6.45) is 4.69. The Hall–Kier alpha value is -0.300. The molecule has 0 aromatic carbocycles. The highest BCUT2D eigenvalue weighted by molar-refractivity contribution is 4.91. The predicted octanol–water partition coefficient (Wildman–Crippen LogP) is 2.59. The normalized spacial score (nSPS) is 31.3. The minimum Gasteiger partial charge on any atom is -0.308 e. The zero-order valence-electron chi connectivity index (χ0n) is 8.51. The SMILES string of the molecule is C=CC(C)NC1CC(C(C)C)C1. The third-order valence-corrected chi connectivity index (χ3v) is 2.97. The van der Waals surface area contributed by atoms with Gasteiger partial charge in [0.05, 0.1) is 0 Å². The van der Waals surface area contributed by atoms with Crippen molar-refractivity contribution in [2.75, 3.05) is 0 Å². The van der Waals surface area contributed by atoms with Crippen molar-refractivity contribution in [3.8, 4) is 0 Å². The first-order valence-corrected chi connectivity index (χ1v) is 5.02. The predicted molar refractivity (Wildman–Crippen MR) is 54.1 cm³/mol. The van der Waals surface area contributed by atoms with Gasteiger partial charge < -0.3 is 5.32 Å². The molecule has 1 unspecified atom stereocenters. The molecule has 1 nitrogen and oxygen atoms in total. The molecule has 0 amide bonds. The van der Waals surface area contributed by atoms with Gasteiger partial charge in [-0.25, -0.2) is 0 Å².